The molecule has 0 aromatic carbocycles. The molecule has 16 heavy (non-hydrogen) atoms. The van der Waals surface area contributed by atoms with Gasteiger partial charge in [0.25, 0.3) is 0 Å². The largest absolute Gasteiger partial charge is 0.342 e. The van der Waals surface area contributed by atoms with E-state index in [9.17, 15) is 4.79 Å². The smallest absolute Gasteiger partial charge is 0.223 e. The minimum Gasteiger partial charge on any atom is -0.342 e. The highest BCUT2D eigenvalue weighted by Gasteiger charge is 2.26. The van der Waals surface area contributed by atoms with Gasteiger partial charge in [-0.05, 0) is 19.4 Å². The van der Waals surface area contributed by atoms with E-state index >= 15 is 0 Å². The lowest BCUT2D eigenvalue weighted by Crippen LogP contribution is -2.26. The topological polar surface area (TPSA) is 46.3 Å². The lowest BCUT2D eigenvalue weighted by molar-refractivity contribution is -0.127. The zero-order chi connectivity index (χ0) is 11.8. The lowest BCUT2D eigenvalue weighted by atomic mass is 10.1. The molecule has 0 bridgehead atoms. The first-order valence-corrected chi connectivity index (χ1v) is 6.91. The van der Waals surface area contributed by atoms with Crippen LogP contribution in [0.5, 0.6) is 0 Å². The van der Waals surface area contributed by atoms with Gasteiger partial charge in [-0.1, -0.05) is 25.7 Å². The maximum Gasteiger partial charge on any atom is 0.223 e. The van der Waals surface area contributed by atoms with Crippen molar-refractivity contribution in [2.75, 3.05) is 19.6 Å². The average Bonchev–Trinajstić information content (AvgIpc) is 2.56. The van der Waals surface area contributed by atoms with Gasteiger partial charge in [0.1, 0.15) is 0 Å². The van der Waals surface area contributed by atoms with E-state index < -0.39 is 0 Å². The SMILES string of the molecule is NCCCCCCCCN1CC(S)CC1=O. The number of unbranched alkanes of at least 4 members (excludes halogenated alkanes) is 5. The molecule has 1 heterocycles. The first-order chi connectivity index (χ1) is 7.74. The monoisotopic (exact) mass is 244 g/mol. The van der Waals surface area contributed by atoms with E-state index in [1.54, 1.807) is 0 Å². The molecular weight excluding hydrogens is 220 g/mol. The number of carbonyl (C=O) groups excluding carboxylic acids is 1. The van der Waals surface area contributed by atoms with Gasteiger partial charge in [0.05, 0.1) is 0 Å². The molecular formula is C12H24N2OS. The van der Waals surface area contributed by atoms with Gasteiger partial charge in [0.15, 0.2) is 0 Å². The molecule has 0 radical (unpaired) electrons. The predicted octanol–water partition coefficient (Wildman–Crippen LogP) is 1.82. The fourth-order valence-electron chi connectivity index (χ4n) is 2.12. The van der Waals surface area contributed by atoms with Crippen molar-refractivity contribution in [3.05, 3.63) is 0 Å². The summed E-state index contributed by atoms with van der Waals surface area (Å²) in [5.41, 5.74) is 5.43. The van der Waals surface area contributed by atoms with Gasteiger partial charge in [0.2, 0.25) is 5.91 Å². The fourth-order valence-corrected chi connectivity index (χ4v) is 2.47. The number of nitrogens with zero attached hydrogens (tertiary/aromatic N) is 1. The molecule has 0 saturated carbocycles. The van der Waals surface area contributed by atoms with Crippen LogP contribution in [0.2, 0.25) is 0 Å². The molecule has 1 unspecified atom stereocenters. The van der Waals surface area contributed by atoms with Crippen molar-refractivity contribution in [3.8, 4) is 0 Å². The Morgan fingerprint density at radius 3 is 2.38 bits per heavy atom. The van der Waals surface area contributed by atoms with E-state index in [4.69, 9.17) is 5.73 Å². The number of thiol groups is 1. The summed E-state index contributed by atoms with van der Waals surface area (Å²) in [6.45, 7) is 2.58. The van der Waals surface area contributed by atoms with E-state index in [0.29, 0.717) is 6.42 Å². The quantitative estimate of drug-likeness (QED) is 0.505. The Balaban J connectivity index is 1.93. The van der Waals surface area contributed by atoms with Crippen molar-refractivity contribution in [3.63, 3.8) is 0 Å². The van der Waals surface area contributed by atoms with Crippen molar-refractivity contribution in [2.24, 2.45) is 5.73 Å². The van der Waals surface area contributed by atoms with Crippen LogP contribution >= 0.6 is 12.6 Å². The third-order valence-electron chi connectivity index (χ3n) is 3.08. The van der Waals surface area contributed by atoms with E-state index in [1.165, 1.54) is 25.7 Å². The molecule has 0 aromatic rings. The molecule has 0 aromatic heterocycles. The van der Waals surface area contributed by atoms with Crippen LogP contribution in [0.1, 0.15) is 44.9 Å². The summed E-state index contributed by atoms with van der Waals surface area (Å²) in [6.07, 6.45) is 7.93. The molecule has 1 amide bonds. The maximum absolute atomic E-state index is 11.5. The van der Waals surface area contributed by atoms with E-state index in [0.717, 1.165) is 32.5 Å². The number of carbonyl (C=O) groups is 1. The Hall–Kier alpha value is -0.220. The van der Waals surface area contributed by atoms with Crippen molar-refractivity contribution >= 4 is 18.5 Å². The third-order valence-corrected chi connectivity index (χ3v) is 3.42. The van der Waals surface area contributed by atoms with Crippen molar-refractivity contribution in [1.29, 1.82) is 0 Å². The molecule has 1 atom stereocenters. The van der Waals surface area contributed by atoms with Crippen LogP contribution < -0.4 is 5.73 Å². The molecule has 1 aliphatic heterocycles. The second-order valence-electron chi connectivity index (χ2n) is 4.61. The maximum atomic E-state index is 11.5. The second kappa shape index (κ2) is 7.96. The zero-order valence-corrected chi connectivity index (χ0v) is 10.9. The molecule has 0 spiro atoms. The summed E-state index contributed by atoms with van der Waals surface area (Å²) < 4.78 is 0. The Kier molecular flexibility index (Phi) is 6.88. The summed E-state index contributed by atoms with van der Waals surface area (Å²) in [5, 5.41) is 0.261. The highest BCUT2D eigenvalue weighted by molar-refractivity contribution is 7.81. The molecule has 1 fully saturated rings. The highest BCUT2D eigenvalue weighted by Crippen LogP contribution is 2.16. The standard InChI is InChI=1S/C12H24N2OS/c13-7-5-3-1-2-4-6-8-14-10-11(16)9-12(14)15/h11,16H,1-10,13H2. The van der Waals surface area contributed by atoms with Crippen LogP contribution in [0.4, 0.5) is 0 Å². The van der Waals surface area contributed by atoms with E-state index in [1.807, 2.05) is 4.90 Å². The van der Waals surface area contributed by atoms with Crippen LogP contribution in [0.3, 0.4) is 0 Å². The summed E-state index contributed by atoms with van der Waals surface area (Å²) in [7, 11) is 0. The number of amides is 1. The Morgan fingerprint density at radius 1 is 1.19 bits per heavy atom. The molecule has 2 N–H and O–H groups in total. The van der Waals surface area contributed by atoms with Crippen molar-refractivity contribution < 1.29 is 4.79 Å². The van der Waals surface area contributed by atoms with Gasteiger partial charge < -0.3 is 10.6 Å². The molecule has 0 aliphatic carbocycles. The normalized spacial score (nSPS) is 20.8. The van der Waals surface area contributed by atoms with Crippen LogP contribution in [0.15, 0.2) is 0 Å². The predicted molar refractivity (Wildman–Crippen MR) is 70.7 cm³/mol. The van der Waals surface area contributed by atoms with Gasteiger partial charge in [-0.2, -0.15) is 12.6 Å². The average molecular weight is 244 g/mol. The minimum absolute atomic E-state index is 0.261. The summed E-state index contributed by atoms with van der Waals surface area (Å²) in [6, 6.07) is 0. The van der Waals surface area contributed by atoms with Crippen LogP contribution in [0, 0.1) is 0 Å². The van der Waals surface area contributed by atoms with Gasteiger partial charge in [-0.25, -0.2) is 0 Å². The summed E-state index contributed by atoms with van der Waals surface area (Å²) in [5.74, 6) is 0.281. The zero-order valence-electron chi connectivity index (χ0n) is 10.0. The first-order valence-electron chi connectivity index (χ1n) is 6.40. The third kappa shape index (κ3) is 5.21. The minimum atomic E-state index is 0.261. The first kappa shape index (κ1) is 13.8. The van der Waals surface area contributed by atoms with Crippen molar-refractivity contribution in [1.82, 2.24) is 4.90 Å². The number of rotatable bonds is 8. The Morgan fingerprint density at radius 2 is 1.81 bits per heavy atom. The summed E-state index contributed by atoms with van der Waals surface area (Å²) >= 11 is 4.34. The number of likely N-dealkylation sites (tertiary alicyclic amines) is 1. The number of hydrogen-bond donors (Lipinski definition) is 2. The Labute approximate surface area is 104 Å². The lowest BCUT2D eigenvalue weighted by Gasteiger charge is -2.15. The number of hydrogen-bond acceptors (Lipinski definition) is 3. The van der Waals surface area contributed by atoms with Crippen LogP contribution in [0.25, 0.3) is 0 Å². The molecule has 94 valence electrons. The van der Waals surface area contributed by atoms with E-state index in [-0.39, 0.29) is 11.2 Å². The molecule has 3 nitrogen and oxygen atoms in total. The molecule has 1 saturated heterocycles. The van der Waals surface area contributed by atoms with Crippen LogP contribution in [-0.4, -0.2) is 35.7 Å². The van der Waals surface area contributed by atoms with Crippen molar-refractivity contribution in [2.45, 2.75) is 50.2 Å². The second-order valence-corrected chi connectivity index (χ2v) is 5.34. The van der Waals surface area contributed by atoms with Gasteiger partial charge in [-0.15, -0.1) is 0 Å². The number of nitrogens with two attached hydrogens (primary N) is 1. The molecule has 4 heteroatoms. The summed E-state index contributed by atoms with van der Waals surface area (Å²) in [4.78, 5) is 13.4. The fraction of sp³-hybridized carbons (Fsp3) is 0.917. The van der Waals surface area contributed by atoms with Gasteiger partial charge in [0, 0.05) is 24.8 Å². The van der Waals surface area contributed by atoms with E-state index in [2.05, 4.69) is 12.6 Å². The Bertz CT molecular complexity index is 211. The highest BCUT2D eigenvalue weighted by atomic mass is 32.1. The van der Waals surface area contributed by atoms with Gasteiger partial charge in [-0.3, -0.25) is 4.79 Å². The van der Waals surface area contributed by atoms with Crippen LogP contribution in [-0.2, 0) is 4.79 Å². The van der Waals surface area contributed by atoms with Gasteiger partial charge >= 0.3 is 0 Å². The molecule has 1 aliphatic rings. The molecule has 1 rings (SSSR count).